The van der Waals surface area contributed by atoms with Crippen LogP contribution in [0.4, 0.5) is 5.95 Å². The summed E-state index contributed by atoms with van der Waals surface area (Å²) in [5.41, 5.74) is -0.462. The molecular weight excluding hydrogens is 274 g/mol. The summed E-state index contributed by atoms with van der Waals surface area (Å²) in [5, 5.41) is 2.44. The number of amides is 1. The number of nitrogens with one attached hydrogen (secondary N) is 2. The number of anilines is 1. The predicted molar refractivity (Wildman–Crippen MR) is 75.2 cm³/mol. The predicted octanol–water partition coefficient (Wildman–Crippen LogP) is 1.20. The number of aromatic nitrogens is 2. The zero-order chi connectivity index (χ0) is 15.2. The number of nitrogens with zero attached hydrogens (tertiary/aromatic N) is 1. The second-order valence-electron chi connectivity index (χ2n) is 4.02. The standard InChI is InChI=1S/C14H13N3O4/c1-2-21-13(20)10-8-15-14(17-12(10)19)16-11(18)9-6-4-3-5-7-9/h3-8H,2H2,1H3,(H2,15,16,17,18,19). The van der Waals surface area contributed by atoms with Crippen LogP contribution in [0.2, 0.25) is 0 Å². The van der Waals surface area contributed by atoms with Crippen LogP contribution in [0.15, 0.2) is 41.3 Å². The van der Waals surface area contributed by atoms with Crippen molar-refractivity contribution in [1.29, 1.82) is 0 Å². The van der Waals surface area contributed by atoms with Crippen LogP contribution in [0.3, 0.4) is 0 Å². The van der Waals surface area contributed by atoms with Crippen molar-refractivity contribution in [1.82, 2.24) is 9.97 Å². The molecule has 1 amide bonds. The number of ether oxygens (including phenoxy) is 1. The molecule has 1 aromatic heterocycles. The molecule has 0 atom stereocenters. The van der Waals surface area contributed by atoms with E-state index in [0.29, 0.717) is 5.56 Å². The van der Waals surface area contributed by atoms with Crippen molar-refractivity contribution >= 4 is 17.8 Å². The number of carbonyl (C=O) groups excluding carboxylic acids is 2. The lowest BCUT2D eigenvalue weighted by Gasteiger charge is -2.05. The minimum Gasteiger partial charge on any atom is -0.462 e. The van der Waals surface area contributed by atoms with E-state index in [1.807, 2.05) is 0 Å². The van der Waals surface area contributed by atoms with Gasteiger partial charge in [0.15, 0.2) is 0 Å². The van der Waals surface area contributed by atoms with Crippen molar-refractivity contribution in [3.05, 3.63) is 58.0 Å². The Morgan fingerprint density at radius 1 is 1.29 bits per heavy atom. The van der Waals surface area contributed by atoms with Gasteiger partial charge in [-0.15, -0.1) is 0 Å². The third-order valence-corrected chi connectivity index (χ3v) is 2.56. The van der Waals surface area contributed by atoms with Gasteiger partial charge in [-0.05, 0) is 19.1 Å². The van der Waals surface area contributed by atoms with Crippen molar-refractivity contribution < 1.29 is 14.3 Å². The van der Waals surface area contributed by atoms with Crippen LogP contribution in [0.25, 0.3) is 0 Å². The van der Waals surface area contributed by atoms with Crippen molar-refractivity contribution in [3.63, 3.8) is 0 Å². The average molecular weight is 287 g/mol. The smallest absolute Gasteiger partial charge is 0.345 e. The van der Waals surface area contributed by atoms with Gasteiger partial charge in [0.2, 0.25) is 5.95 Å². The Hall–Kier alpha value is -2.96. The van der Waals surface area contributed by atoms with E-state index in [4.69, 9.17) is 4.74 Å². The molecule has 2 rings (SSSR count). The van der Waals surface area contributed by atoms with E-state index in [1.54, 1.807) is 37.3 Å². The quantitative estimate of drug-likeness (QED) is 0.823. The molecule has 1 aromatic carbocycles. The Labute approximate surface area is 120 Å². The fourth-order valence-electron chi connectivity index (χ4n) is 1.58. The molecular formula is C14H13N3O4. The summed E-state index contributed by atoms with van der Waals surface area (Å²) < 4.78 is 4.71. The van der Waals surface area contributed by atoms with E-state index >= 15 is 0 Å². The minimum atomic E-state index is -0.757. The zero-order valence-electron chi connectivity index (χ0n) is 11.3. The molecule has 0 fully saturated rings. The number of esters is 1. The lowest BCUT2D eigenvalue weighted by atomic mass is 10.2. The number of H-pyrrole nitrogens is 1. The van der Waals surface area contributed by atoms with Crippen molar-refractivity contribution in [2.24, 2.45) is 0 Å². The number of hydrogen-bond acceptors (Lipinski definition) is 5. The third-order valence-electron chi connectivity index (χ3n) is 2.56. The van der Waals surface area contributed by atoms with Gasteiger partial charge in [0.1, 0.15) is 5.56 Å². The first-order chi connectivity index (χ1) is 10.1. The number of carbonyl (C=O) groups is 2. The van der Waals surface area contributed by atoms with Gasteiger partial charge in [-0.25, -0.2) is 9.78 Å². The lowest BCUT2D eigenvalue weighted by Crippen LogP contribution is -2.23. The maximum Gasteiger partial charge on any atom is 0.345 e. The summed E-state index contributed by atoms with van der Waals surface area (Å²) in [6, 6.07) is 8.47. The molecule has 0 saturated carbocycles. The first kappa shape index (κ1) is 14.4. The highest BCUT2D eigenvalue weighted by atomic mass is 16.5. The number of benzene rings is 1. The molecule has 7 nitrogen and oxygen atoms in total. The Kier molecular flexibility index (Phi) is 4.45. The van der Waals surface area contributed by atoms with E-state index in [1.165, 1.54) is 0 Å². The van der Waals surface area contributed by atoms with Gasteiger partial charge < -0.3 is 4.74 Å². The van der Waals surface area contributed by atoms with Crippen LogP contribution >= 0.6 is 0 Å². The van der Waals surface area contributed by atoms with Crippen LogP contribution in [0.1, 0.15) is 27.6 Å². The van der Waals surface area contributed by atoms with Crippen LogP contribution in [-0.4, -0.2) is 28.5 Å². The van der Waals surface area contributed by atoms with E-state index in [9.17, 15) is 14.4 Å². The molecule has 2 aromatic rings. The molecule has 0 bridgehead atoms. The van der Waals surface area contributed by atoms with Gasteiger partial charge in [-0.1, -0.05) is 18.2 Å². The Morgan fingerprint density at radius 2 is 2.00 bits per heavy atom. The van der Waals surface area contributed by atoms with Gasteiger partial charge in [-0.2, -0.15) is 0 Å². The maximum atomic E-state index is 11.9. The van der Waals surface area contributed by atoms with Gasteiger partial charge in [0.25, 0.3) is 11.5 Å². The first-order valence-electron chi connectivity index (χ1n) is 6.24. The molecule has 0 spiro atoms. The van der Waals surface area contributed by atoms with Crippen LogP contribution in [0.5, 0.6) is 0 Å². The second kappa shape index (κ2) is 6.47. The highest BCUT2D eigenvalue weighted by molar-refractivity contribution is 6.03. The van der Waals surface area contributed by atoms with Gasteiger partial charge in [-0.3, -0.25) is 19.9 Å². The molecule has 108 valence electrons. The van der Waals surface area contributed by atoms with Crippen LogP contribution in [0, 0.1) is 0 Å². The minimum absolute atomic E-state index is 0.0399. The summed E-state index contributed by atoms with van der Waals surface area (Å²) >= 11 is 0. The van der Waals surface area contributed by atoms with E-state index < -0.39 is 17.4 Å². The summed E-state index contributed by atoms with van der Waals surface area (Å²) in [5.74, 6) is -1.21. The topological polar surface area (TPSA) is 101 Å². The highest BCUT2D eigenvalue weighted by Gasteiger charge is 2.14. The lowest BCUT2D eigenvalue weighted by molar-refractivity contribution is 0.0523. The molecule has 0 aliphatic carbocycles. The summed E-state index contributed by atoms with van der Waals surface area (Å²) in [6.07, 6.45) is 1.07. The van der Waals surface area contributed by atoms with Crippen LogP contribution in [-0.2, 0) is 4.74 Å². The average Bonchev–Trinajstić information content (AvgIpc) is 2.48. The SMILES string of the molecule is CCOC(=O)c1cnc(NC(=O)c2ccccc2)[nH]c1=O. The summed E-state index contributed by atoms with van der Waals surface area (Å²) in [6.45, 7) is 1.79. The Morgan fingerprint density at radius 3 is 2.62 bits per heavy atom. The Balaban J connectivity index is 2.16. The molecule has 0 saturated heterocycles. The molecule has 2 N–H and O–H groups in total. The normalized spacial score (nSPS) is 9.95. The molecule has 0 aliphatic heterocycles. The molecule has 0 aliphatic rings. The largest absolute Gasteiger partial charge is 0.462 e. The van der Waals surface area contributed by atoms with Crippen molar-refractivity contribution in [2.45, 2.75) is 6.92 Å². The second-order valence-corrected chi connectivity index (χ2v) is 4.02. The van der Waals surface area contributed by atoms with E-state index in [2.05, 4.69) is 15.3 Å². The fourth-order valence-corrected chi connectivity index (χ4v) is 1.58. The van der Waals surface area contributed by atoms with E-state index in [0.717, 1.165) is 6.20 Å². The molecule has 0 unspecified atom stereocenters. The zero-order valence-corrected chi connectivity index (χ0v) is 11.3. The third kappa shape index (κ3) is 3.53. The molecule has 0 radical (unpaired) electrons. The van der Waals surface area contributed by atoms with Crippen molar-refractivity contribution in [2.75, 3.05) is 11.9 Å². The maximum absolute atomic E-state index is 11.9. The first-order valence-corrected chi connectivity index (χ1v) is 6.24. The summed E-state index contributed by atoms with van der Waals surface area (Å²) in [4.78, 5) is 41.2. The Bertz CT molecular complexity index is 710. The van der Waals surface area contributed by atoms with Crippen LogP contribution < -0.4 is 10.9 Å². The van der Waals surface area contributed by atoms with Gasteiger partial charge in [0, 0.05) is 5.56 Å². The molecule has 21 heavy (non-hydrogen) atoms. The monoisotopic (exact) mass is 287 g/mol. The van der Waals surface area contributed by atoms with Gasteiger partial charge >= 0.3 is 5.97 Å². The highest BCUT2D eigenvalue weighted by Crippen LogP contribution is 2.03. The van der Waals surface area contributed by atoms with E-state index in [-0.39, 0.29) is 18.1 Å². The summed E-state index contributed by atoms with van der Waals surface area (Å²) in [7, 11) is 0. The van der Waals surface area contributed by atoms with Crippen molar-refractivity contribution in [3.8, 4) is 0 Å². The number of aromatic amines is 1. The number of rotatable bonds is 4. The fraction of sp³-hybridized carbons (Fsp3) is 0.143. The number of hydrogen-bond donors (Lipinski definition) is 2. The molecule has 7 heteroatoms. The van der Waals surface area contributed by atoms with Gasteiger partial charge in [0.05, 0.1) is 12.8 Å². The molecule has 1 heterocycles.